The van der Waals surface area contributed by atoms with Gasteiger partial charge < -0.3 is 29.4 Å². The Morgan fingerprint density at radius 3 is 2.62 bits per heavy atom. The Kier molecular flexibility index (Phi) is 8.98. The molecule has 200 valence electrons. The van der Waals surface area contributed by atoms with E-state index < -0.39 is 47.9 Å². The Hall–Kier alpha value is -3.80. The van der Waals surface area contributed by atoms with E-state index >= 15 is 0 Å². The lowest BCUT2D eigenvalue weighted by atomic mass is 9.95. The molecule has 3 heterocycles. The third-order valence-corrected chi connectivity index (χ3v) is 5.85. The van der Waals surface area contributed by atoms with Crippen molar-refractivity contribution in [1.29, 1.82) is 5.26 Å². The number of nitriles is 1. The predicted molar refractivity (Wildman–Crippen MR) is 125 cm³/mol. The summed E-state index contributed by atoms with van der Waals surface area (Å²) in [5.74, 6) is -1.51. The van der Waals surface area contributed by atoms with Gasteiger partial charge in [0.25, 0.3) is 0 Å². The average Bonchev–Trinajstić information content (AvgIpc) is 3.46. The number of anilines is 1. The Bertz CT molecular complexity index is 1180. The Labute approximate surface area is 212 Å². The minimum Gasteiger partial charge on any atom is -0.468 e. The minimum absolute atomic E-state index is 0.00793. The summed E-state index contributed by atoms with van der Waals surface area (Å²) >= 11 is 0. The van der Waals surface area contributed by atoms with Gasteiger partial charge in [0, 0.05) is 12.8 Å². The number of rotatable bonds is 11. The second-order valence-electron chi connectivity index (χ2n) is 8.25. The fourth-order valence-corrected chi connectivity index (χ4v) is 3.83. The molecule has 0 unspecified atom stereocenters. The molecule has 0 aliphatic carbocycles. The molecule has 0 saturated carbocycles. The van der Waals surface area contributed by atoms with Crippen LogP contribution in [0.25, 0.3) is 5.52 Å². The van der Waals surface area contributed by atoms with Crippen LogP contribution in [-0.4, -0.2) is 76.8 Å². The number of nitrogen functional groups attached to an aromatic ring is 1. The van der Waals surface area contributed by atoms with E-state index in [1.807, 2.05) is 6.07 Å². The molecule has 0 amide bonds. The highest BCUT2D eigenvalue weighted by Gasteiger charge is 2.61. The van der Waals surface area contributed by atoms with E-state index in [1.165, 1.54) is 18.0 Å². The van der Waals surface area contributed by atoms with Crippen LogP contribution < -0.4 is 11.1 Å². The number of nitrogens with zero attached hydrogens (tertiary/aromatic N) is 4. The summed E-state index contributed by atoms with van der Waals surface area (Å²) in [6.45, 7) is 4.23. The molecule has 2 aromatic heterocycles. The molecule has 1 fully saturated rings. The smallest absolute Gasteiger partial charge is 0.322 e. The van der Waals surface area contributed by atoms with E-state index in [1.54, 1.807) is 32.9 Å². The van der Waals surface area contributed by atoms with Gasteiger partial charge in [-0.1, -0.05) is 13.8 Å². The van der Waals surface area contributed by atoms with Gasteiger partial charge in [0.15, 0.2) is 18.0 Å². The molecule has 3 rings (SSSR count). The van der Waals surface area contributed by atoms with E-state index in [0.29, 0.717) is 11.2 Å². The second kappa shape index (κ2) is 12.0. The number of nitrogens with two attached hydrogens (primary N) is 1. The molecule has 14 heteroatoms. The molecule has 1 aliphatic rings. The van der Waals surface area contributed by atoms with Crippen LogP contribution in [0.3, 0.4) is 0 Å². The number of carbonyl (C=O) groups excluding carboxylic acids is 3. The first-order chi connectivity index (χ1) is 17.7. The van der Waals surface area contributed by atoms with Crippen LogP contribution in [-0.2, 0) is 38.1 Å². The SMILES string of the molecule is CCC(=O)O[C@H]1[C@H](c2ccc3c(N)ncnn23)O[C@](C#N)(COCN[C@@H](C)C(=O)OC)[C@H]1OC(=O)CC. The topological polar surface area (TPSA) is 189 Å². The number of hydrogen-bond acceptors (Lipinski definition) is 13. The van der Waals surface area contributed by atoms with Crippen molar-refractivity contribution in [3.05, 3.63) is 24.2 Å². The van der Waals surface area contributed by atoms with Gasteiger partial charge in [0.1, 0.15) is 30.1 Å². The van der Waals surface area contributed by atoms with E-state index in [4.69, 9.17) is 24.7 Å². The maximum atomic E-state index is 12.4. The van der Waals surface area contributed by atoms with Gasteiger partial charge in [-0.15, -0.1) is 0 Å². The van der Waals surface area contributed by atoms with Crippen LogP contribution in [0.15, 0.2) is 18.5 Å². The molecule has 0 aromatic carbocycles. The van der Waals surface area contributed by atoms with E-state index in [9.17, 15) is 19.6 Å². The lowest BCUT2D eigenvalue weighted by molar-refractivity contribution is -0.170. The van der Waals surface area contributed by atoms with Crippen LogP contribution in [0.4, 0.5) is 5.82 Å². The Balaban J connectivity index is 1.98. The van der Waals surface area contributed by atoms with Crippen LogP contribution in [0.1, 0.15) is 45.4 Å². The Morgan fingerprint density at radius 2 is 1.97 bits per heavy atom. The Morgan fingerprint density at radius 1 is 1.27 bits per heavy atom. The number of carbonyl (C=O) groups is 3. The van der Waals surface area contributed by atoms with Crippen LogP contribution in [0.2, 0.25) is 0 Å². The van der Waals surface area contributed by atoms with Crippen molar-refractivity contribution < 1.29 is 38.1 Å². The lowest BCUT2D eigenvalue weighted by Gasteiger charge is -2.28. The van der Waals surface area contributed by atoms with Crippen LogP contribution >= 0.6 is 0 Å². The van der Waals surface area contributed by atoms with Gasteiger partial charge in [-0.05, 0) is 19.1 Å². The average molecular weight is 519 g/mol. The van der Waals surface area contributed by atoms with Crippen molar-refractivity contribution in [2.24, 2.45) is 0 Å². The largest absolute Gasteiger partial charge is 0.468 e. The maximum Gasteiger partial charge on any atom is 0.322 e. The normalized spacial score (nSPS) is 23.8. The molecule has 14 nitrogen and oxygen atoms in total. The highest BCUT2D eigenvalue weighted by molar-refractivity contribution is 5.75. The molecular weight excluding hydrogens is 488 g/mol. The molecule has 2 aromatic rings. The van der Waals surface area contributed by atoms with Crippen molar-refractivity contribution in [2.45, 2.75) is 63.6 Å². The molecule has 1 saturated heterocycles. The fraction of sp³-hybridized carbons (Fsp3) is 0.565. The van der Waals surface area contributed by atoms with E-state index in [-0.39, 0.29) is 32.0 Å². The number of aromatic nitrogens is 3. The fourth-order valence-electron chi connectivity index (χ4n) is 3.83. The highest BCUT2D eigenvalue weighted by atomic mass is 16.7. The third kappa shape index (κ3) is 5.79. The summed E-state index contributed by atoms with van der Waals surface area (Å²) in [6, 6.07) is 4.67. The molecular formula is C23H30N6O8. The molecule has 0 spiro atoms. The minimum atomic E-state index is -1.87. The van der Waals surface area contributed by atoms with Crippen LogP contribution in [0, 0.1) is 11.3 Å². The summed E-state index contributed by atoms with van der Waals surface area (Å²) in [5.41, 5.74) is 4.95. The third-order valence-electron chi connectivity index (χ3n) is 5.85. The van der Waals surface area contributed by atoms with Gasteiger partial charge in [-0.25, -0.2) is 9.50 Å². The number of methoxy groups -OCH3 is 1. The number of hydrogen-bond donors (Lipinski definition) is 2. The number of fused-ring (bicyclic) bond motifs is 1. The van der Waals surface area contributed by atoms with Crippen molar-refractivity contribution >= 4 is 29.2 Å². The highest BCUT2D eigenvalue weighted by Crippen LogP contribution is 2.44. The summed E-state index contributed by atoms with van der Waals surface area (Å²) < 4.78 is 29.2. The monoisotopic (exact) mass is 518 g/mol. The van der Waals surface area contributed by atoms with Gasteiger partial charge in [-0.2, -0.15) is 10.4 Å². The number of ether oxygens (including phenoxy) is 5. The van der Waals surface area contributed by atoms with Crippen LogP contribution in [0.5, 0.6) is 0 Å². The van der Waals surface area contributed by atoms with Crippen molar-refractivity contribution in [3.63, 3.8) is 0 Å². The number of esters is 3. The first-order valence-corrected chi connectivity index (χ1v) is 11.7. The molecule has 0 bridgehead atoms. The van der Waals surface area contributed by atoms with Gasteiger partial charge in [0.2, 0.25) is 5.60 Å². The molecule has 5 atom stereocenters. The quantitative estimate of drug-likeness (QED) is 0.180. The number of nitrogens with one attached hydrogen (secondary N) is 1. The zero-order valence-corrected chi connectivity index (χ0v) is 21.0. The summed E-state index contributed by atoms with van der Waals surface area (Å²) in [7, 11) is 1.26. The standard InChI is InChI=1S/C23H30N6O8/c1-5-16(30)35-19-18(14-7-8-15-21(25)26-11-28-29(14)15)37-23(9-24,20(19)36-17(31)6-2)10-34-12-27-13(3)22(32)33-4/h7-8,11,13,18-20,27H,5-6,10,12H2,1-4H3,(H2,25,26,28)/t13-,18-,19-,20-,23+/m0/s1. The summed E-state index contributed by atoms with van der Waals surface area (Å²) in [4.78, 5) is 40.3. The molecule has 3 N–H and O–H groups in total. The zero-order valence-electron chi connectivity index (χ0n) is 21.0. The lowest BCUT2D eigenvalue weighted by Crippen LogP contribution is -2.50. The van der Waals surface area contributed by atoms with Crippen molar-refractivity contribution in [3.8, 4) is 6.07 Å². The van der Waals surface area contributed by atoms with Crippen molar-refractivity contribution in [1.82, 2.24) is 19.9 Å². The maximum absolute atomic E-state index is 12.4. The van der Waals surface area contributed by atoms with E-state index in [2.05, 4.69) is 20.1 Å². The first kappa shape index (κ1) is 27.8. The molecule has 37 heavy (non-hydrogen) atoms. The van der Waals surface area contributed by atoms with Crippen molar-refractivity contribution in [2.75, 3.05) is 26.2 Å². The second-order valence-corrected chi connectivity index (χ2v) is 8.25. The van der Waals surface area contributed by atoms with Gasteiger partial charge in [0.05, 0.1) is 26.1 Å². The zero-order chi connectivity index (χ0) is 27.2. The summed E-state index contributed by atoms with van der Waals surface area (Å²) in [5, 5.41) is 17.3. The van der Waals surface area contributed by atoms with Gasteiger partial charge >= 0.3 is 17.9 Å². The predicted octanol–water partition coefficient (Wildman–Crippen LogP) is 0.414. The molecule has 0 radical (unpaired) electrons. The molecule has 1 aliphatic heterocycles. The van der Waals surface area contributed by atoms with E-state index in [0.717, 1.165) is 0 Å². The van der Waals surface area contributed by atoms with Gasteiger partial charge in [-0.3, -0.25) is 19.7 Å². The first-order valence-electron chi connectivity index (χ1n) is 11.7. The summed E-state index contributed by atoms with van der Waals surface area (Å²) in [6.07, 6.45) is -2.33.